The molecule has 18 heavy (non-hydrogen) atoms. The SMILES string of the molecule is Cc1cc(C)cc(Cn2nc(Cl)c(C(=O)O)n2)c1. The minimum atomic E-state index is -1.17. The highest BCUT2D eigenvalue weighted by Gasteiger charge is 2.15. The van der Waals surface area contributed by atoms with Gasteiger partial charge in [-0.25, -0.2) is 4.79 Å². The van der Waals surface area contributed by atoms with Crippen LogP contribution in [0.15, 0.2) is 18.2 Å². The number of carbonyl (C=O) groups is 1. The average molecular weight is 266 g/mol. The number of aromatic nitrogens is 3. The van der Waals surface area contributed by atoms with Gasteiger partial charge in [-0.2, -0.15) is 4.80 Å². The molecule has 6 heteroatoms. The minimum Gasteiger partial charge on any atom is -0.476 e. The first-order chi connectivity index (χ1) is 8.45. The number of carboxylic acid groups (broad SMARTS) is 1. The van der Waals surface area contributed by atoms with Crippen LogP contribution in [0.5, 0.6) is 0 Å². The second kappa shape index (κ2) is 4.78. The summed E-state index contributed by atoms with van der Waals surface area (Å²) in [5.41, 5.74) is 3.07. The zero-order valence-corrected chi connectivity index (χ0v) is 10.8. The Kier molecular flexibility index (Phi) is 3.34. The van der Waals surface area contributed by atoms with Gasteiger partial charge in [-0.1, -0.05) is 40.9 Å². The Morgan fingerprint density at radius 3 is 2.39 bits per heavy atom. The van der Waals surface area contributed by atoms with E-state index < -0.39 is 5.97 Å². The van der Waals surface area contributed by atoms with E-state index in [1.807, 2.05) is 26.0 Å². The molecule has 5 nitrogen and oxygen atoms in total. The van der Waals surface area contributed by atoms with E-state index in [1.165, 1.54) is 4.80 Å². The monoisotopic (exact) mass is 265 g/mol. The van der Waals surface area contributed by atoms with Gasteiger partial charge in [-0.05, 0) is 19.4 Å². The van der Waals surface area contributed by atoms with Gasteiger partial charge in [0.15, 0.2) is 5.15 Å². The van der Waals surface area contributed by atoms with Gasteiger partial charge < -0.3 is 5.11 Å². The summed E-state index contributed by atoms with van der Waals surface area (Å²) in [7, 11) is 0. The molecule has 0 radical (unpaired) electrons. The molecule has 2 rings (SSSR count). The Morgan fingerprint density at radius 2 is 1.89 bits per heavy atom. The third-order valence-corrected chi connectivity index (χ3v) is 2.68. The molecule has 2 aromatic rings. The van der Waals surface area contributed by atoms with E-state index in [1.54, 1.807) is 0 Å². The molecular formula is C12H12ClN3O2. The summed E-state index contributed by atoms with van der Waals surface area (Å²) in [4.78, 5) is 12.1. The third-order valence-electron chi connectivity index (χ3n) is 2.42. The average Bonchev–Trinajstić information content (AvgIpc) is 2.57. The minimum absolute atomic E-state index is 0.0909. The van der Waals surface area contributed by atoms with Crippen molar-refractivity contribution >= 4 is 17.6 Å². The molecule has 0 fully saturated rings. The lowest BCUT2D eigenvalue weighted by atomic mass is 10.1. The second-order valence-corrected chi connectivity index (χ2v) is 4.53. The summed E-state index contributed by atoms with van der Waals surface area (Å²) >= 11 is 5.69. The van der Waals surface area contributed by atoms with E-state index in [0.717, 1.165) is 16.7 Å². The van der Waals surface area contributed by atoms with E-state index in [4.69, 9.17) is 16.7 Å². The van der Waals surface area contributed by atoms with Gasteiger partial charge in [0.1, 0.15) is 0 Å². The number of benzene rings is 1. The molecule has 0 spiro atoms. The van der Waals surface area contributed by atoms with Gasteiger partial charge in [0.05, 0.1) is 6.54 Å². The highest BCUT2D eigenvalue weighted by atomic mass is 35.5. The topological polar surface area (TPSA) is 68.0 Å². The fourth-order valence-corrected chi connectivity index (χ4v) is 2.06. The lowest BCUT2D eigenvalue weighted by Gasteiger charge is -2.04. The molecule has 1 aromatic carbocycles. The van der Waals surface area contributed by atoms with Crippen molar-refractivity contribution < 1.29 is 9.90 Å². The fourth-order valence-electron chi connectivity index (χ4n) is 1.85. The fraction of sp³-hybridized carbons (Fsp3) is 0.250. The first kappa shape index (κ1) is 12.6. The van der Waals surface area contributed by atoms with Crippen LogP contribution in [0.25, 0.3) is 0 Å². The number of hydrogen-bond acceptors (Lipinski definition) is 3. The molecule has 0 unspecified atom stereocenters. The number of halogens is 1. The van der Waals surface area contributed by atoms with Gasteiger partial charge in [0, 0.05) is 0 Å². The standard InChI is InChI=1S/C12H12ClN3O2/c1-7-3-8(2)5-9(4-7)6-16-14-10(12(17)18)11(13)15-16/h3-5H,6H2,1-2H3,(H,17,18). The Bertz CT molecular complexity index is 587. The van der Waals surface area contributed by atoms with Gasteiger partial charge in [-0.15, -0.1) is 10.2 Å². The molecule has 0 aliphatic carbocycles. The second-order valence-electron chi connectivity index (χ2n) is 4.17. The summed E-state index contributed by atoms with van der Waals surface area (Å²) in [5, 5.41) is 16.5. The molecule has 1 heterocycles. The van der Waals surface area contributed by atoms with Crippen molar-refractivity contribution in [1.82, 2.24) is 15.0 Å². The third kappa shape index (κ3) is 2.68. The predicted molar refractivity (Wildman–Crippen MR) is 67.0 cm³/mol. The number of nitrogens with zero attached hydrogens (tertiary/aromatic N) is 3. The zero-order valence-electron chi connectivity index (χ0n) is 10.0. The molecule has 0 bridgehead atoms. The van der Waals surface area contributed by atoms with E-state index >= 15 is 0 Å². The van der Waals surface area contributed by atoms with Crippen molar-refractivity contribution in [3.05, 3.63) is 45.7 Å². The van der Waals surface area contributed by atoms with Crippen LogP contribution in [0.1, 0.15) is 27.2 Å². The molecule has 0 aliphatic heterocycles. The molecule has 1 aromatic heterocycles. The largest absolute Gasteiger partial charge is 0.476 e. The molecule has 0 aliphatic rings. The van der Waals surface area contributed by atoms with Crippen LogP contribution in [0.2, 0.25) is 5.15 Å². The number of aromatic carboxylic acids is 1. The van der Waals surface area contributed by atoms with Crippen molar-refractivity contribution in [1.29, 1.82) is 0 Å². The van der Waals surface area contributed by atoms with Crippen LogP contribution in [-0.2, 0) is 6.54 Å². The summed E-state index contributed by atoms with van der Waals surface area (Å²) in [6.45, 7) is 4.40. The summed E-state index contributed by atoms with van der Waals surface area (Å²) in [6, 6.07) is 6.07. The maximum Gasteiger partial charge on any atom is 0.359 e. The number of hydrogen-bond donors (Lipinski definition) is 1. The van der Waals surface area contributed by atoms with Crippen LogP contribution < -0.4 is 0 Å². The Morgan fingerprint density at radius 1 is 1.28 bits per heavy atom. The summed E-state index contributed by atoms with van der Waals surface area (Å²) in [6.07, 6.45) is 0. The van der Waals surface area contributed by atoms with Crippen molar-refractivity contribution in [2.45, 2.75) is 20.4 Å². The molecule has 94 valence electrons. The summed E-state index contributed by atoms with van der Waals surface area (Å²) in [5.74, 6) is -1.17. The van der Waals surface area contributed by atoms with Crippen LogP contribution in [0.3, 0.4) is 0 Å². The number of carboxylic acids is 1. The lowest BCUT2D eigenvalue weighted by Crippen LogP contribution is -2.06. The predicted octanol–water partition coefficient (Wildman–Crippen LogP) is 2.29. The van der Waals surface area contributed by atoms with Crippen LogP contribution in [0.4, 0.5) is 0 Å². The molecular weight excluding hydrogens is 254 g/mol. The molecule has 0 saturated heterocycles. The Hall–Kier alpha value is -1.88. The van der Waals surface area contributed by atoms with E-state index in [-0.39, 0.29) is 10.8 Å². The van der Waals surface area contributed by atoms with Crippen molar-refractivity contribution in [3.8, 4) is 0 Å². The molecule has 0 saturated carbocycles. The van der Waals surface area contributed by atoms with Crippen molar-refractivity contribution in [3.63, 3.8) is 0 Å². The van der Waals surface area contributed by atoms with E-state index in [2.05, 4.69) is 16.3 Å². The van der Waals surface area contributed by atoms with E-state index in [9.17, 15) is 4.79 Å². The van der Waals surface area contributed by atoms with Gasteiger partial charge in [-0.3, -0.25) is 0 Å². The quantitative estimate of drug-likeness (QED) is 0.925. The maximum absolute atomic E-state index is 10.8. The number of rotatable bonds is 3. The zero-order chi connectivity index (χ0) is 13.3. The van der Waals surface area contributed by atoms with Crippen LogP contribution in [0, 0.1) is 13.8 Å². The molecule has 0 amide bonds. The lowest BCUT2D eigenvalue weighted by molar-refractivity contribution is 0.0689. The van der Waals surface area contributed by atoms with Crippen molar-refractivity contribution in [2.75, 3.05) is 0 Å². The summed E-state index contributed by atoms with van der Waals surface area (Å²) < 4.78 is 0. The smallest absolute Gasteiger partial charge is 0.359 e. The number of aryl methyl sites for hydroxylation is 2. The van der Waals surface area contributed by atoms with Crippen LogP contribution in [-0.4, -0.2) is 26.1 Å². The van der Waals surface area contributed by atoms with Crippen LogP contribution >= 0.6 is 11.6 Å². The van der Waals surface area contributed by atoms with Gasteiger partial charge >= 0.3 is 5.97 Å². The normalized spacial score (nSPS) is 10.6. The van der Waals surface area contributed by atoms with Gasteiger partial charge in [0.2, 0.25) is 5.69 Å². The van der Waals surface area contributed by atoms with Gasteiger partial charge in [0.25, 0.3) is 0 Å². The highest BCUT2D eigenvalue weighted by molar-refractivity contribution is 6.31. The maximum atomic E-state index is 10.8. The van der Waals surface area contributed by atoms with Crippen molar-refractivity contribution in [2.24, 2.45) is 0 Å². The Labute approximate surface area is 109 Å². The van der Waals surface area contributed by atoms with E-state index in [0.29, 0.717) is 6.54 Å². The highest BCUT2D eigenvalue weighted by Crippen LogP contribution is 2.13. The molecule has 1 N–H and O–H groups in total. The Balaban J connectivity index is 2.28. The first-order valence-electron chi connectivity index (χ1n) is 5.37. The first-order valence-corrected chi connectivity index (χ1v) is 5.74. The molecule has 0 atom stereocenters.